The summed E-state index contributed by atoms with van der Waals surface area (Å²) in [5.41, 5.74) is 2.16. The number of carbonyl (C=O) groups excluding carboxylic acids is 1. The van der Waals surface area contributed by atoms with Gasteiger partial charge in [-0.25, -0.2) is 9.78 Å². The number of benzene rings is 1. The normalized spacial score (nSPS) is 16.0. The molecule has 2 aliphatic rings. The summed E-state index contributed by atoms with van der Waals surface area (Å²) in [5, 5.41) is 5.63. The fourth-order valence-corrected chi connectivity index (χ4v) is 5.53. The van der Waals surface area contributed by atoms with Crippen molar-refractivity contribution >= 4 is 29.0 Å². The summed E-state index contributed by atoms with van der Waals surface area (Å²) in [6, 6.07) is 11.4. The predicted octanol–water partition coefficient (Wildman–Crippen LogP) is 3.05. The molecule has 0 aliphatic carbocycles. The molecule has 13 heteroatoms. The van der Waals surface area contributed by atoms with Crippen molar-refractivity contribution in [3.63, 3.8) is 0 Å². The Morgan fingerprint density at radius 1 is 0.878 bits per heavy atom. The van der Waals surface area contributed by atoms with E-state index in [0.717, 1.165) is 56.4 Å². The molecule has 0 bridgehead atoms. The van der Waals surface area contributed by atoms with E-state index in [-0.39, 0.29) is 12.6 Å². The molecule has 212 valence electrons. The highest BCUT2D eigenvalue weighted by Crippen LogP contribution is 2.30. The van der Waals surface area contributed by atoms with E-state index in [4.69, 9.17) is 24.4 Å². The zero-order valence-electron chi connectivity index (χ0n) is 22.5. The second kappa shape index (κ2) is 13.1. The summed E-state index contributed by atoms with van der Waals surface area (Å²) >= 11 is 1.71. The molecule has 12 nitrogen and oxygen atoms in total. The highest BCUT2D eigenvalue weighted by atomic mass is 32.1. The van der Waals surface area contributed by atoms with Gasteiger partial charge in [-0.3, -0.25) is 14.9 Å². The molecule has 6 rings (SSSR count). The van der Waals surface area contributed by atoms with Gasteiger partial charge >= 0.3 is 6.03 Å². The summed E-state index contributed by atoms with van der Waals surface area (Å²) in [5.74, 6) is 1.88. The third-order valence-corrected chi connectivity index (χ3v) is 7.80. The number of anilines is 2. The summed E-state index contributed by atoms with van der Waals surface area (Å²) < 4.78 is 11.0. The van der Waals surface area contributed by atoms with Gasteiger partial charge in [0.1, 0.15) is 0 Å². The molecule has 2 amide bonds. The molecule has 2 N–H and O–H groups in total. The van der Waals surface area contributed by atoms with Gasteiger partial charge in [-0.1, -0.05) is 0 Å². The quantitative estimate of drug-likeness (QED) is 0.324. The maximum Gasteiger partial charge on any atom is 0.319 e. The average molecular weight is 574 g/mol. The van der Waals surface area contributed by atoms with Crippen LogP contribution in [-0.2, 0) is 22.6 Å². The lowest BCUT2D eigenvalue weighted by molar-refractivity contribution is 0.0346. The second-order valence-corrected chi connectivity index (χ2v) is 10.8. The molecular formula is C28H31N9O3S. The summed E-state index contributed by atoms with van der Waals surface area (Å²) in [4.78, 5) is 41.9. The number of nitrogens with one attached hydrogen (secondary N) is 2. The van der Waals surface area contributed by atoms with Crippen molar-refractivity contribution in [1.29, 1.82) is 0 Å². The number of morpholine rings is 2. The number of amides is 2. The second-order valence-electron chi connectivity index (χ2n) is 9.62. The van der Waals surface area contributed by atoms with Gasteiger partial charge in [0.15, 0.2) is 11.6 Å². The highest BCUT2D eigenvalue weighted by Gasteiger charge is 2.19. The first-order valence-electron chi connectivity index (χ1n) is 13.6. The Morgan fingerprint density at radius 3 is 2.39 bits per heavy atom. The van der Waals surface area contributed by atoms with E-state index in [9.17, 15) is 4.79 Å². The molecule has 41 heavy (non-hydrogen) atoms. The smallest absolute Gasteiger partial charge is 0.319 e. The fraction of sp³-hybridized carbons (Fsp3) is 0.357. The van der Waals surface area contributed by atoms with E-state index in [1.165, 1.54) is 4.88 Å². The van der Waals surface area contributed by atoms with Gasteiger partial charge in [0.2, 0.25) is 5.95 Å². The molecule has 0 radical (unpaired) electrons. The number of hydrogen-bond acceptors (Lipinski definition) is 11. The molecular weight excluding hydrogens is 542 g/mol. The zero-order valence-corrected chi connectivity index (χ0v) is 23.3. The molecule has 4 aromatic rings. The number of rotatable bonds is 8. The third-order valence-electron chi connectivity index (χ3n) is 6.73. The minimum absolute atomic E-state index is 0.284. The minimum atomic E-state index is -0.328. The Balaban J connectivity index is 1.19. The van der Waals surface area contributed by atoms with Crippen molar-refractivity contribution in [3.8, 4) is 22.1 Å². The van der Waals surface area contributed by atoms with Gasteiger partial charge in [0, 0.05) is 61.2 Å². The third kappa shape index (κ3) is 7.19. The van der Waals surface area contributed by atoms with Crippen LogP contribution in [0, 0.1) is 0 Å². The van der Waals surface area contributed by atoms with Gasteiger partial charge in [0.05, 0.1) is 49.7 Å². The standard InChI is InChI=1S/C28H31N9O3S/c38-28(31-18-22-17-29-7-8-30-22)32-21-3-1-20(2-4-21)25-33-26(35-27(34-25)37-11-15-40-16-12-37)24-6-5-23(41-24)19-36-9-13-39-14-10-36/h1-8,17H,9-16,18-19H2,(H2,31,32,38). The maximum absolute atomic E-state index is 12.4. The molecule has 2 aliphatic heterocycles. The lowest BCUT2D eigenvalue weighted by Crippen LogP contribution is -2.37. The predicted molar refractivity (Wildman–Crippen MR) is 156 cm³/mol. The van der Waals surface area contributed by atoms with Crippen LogP contribution in [-0.4, -0.2) is 88.5 Å². The summed E-state index contributed by atoms with van der Waals surface area (Å²) in [6.45, 7) is 7.34. The summed E-state index contributed by atoms with van der Waals surface area (Å²) in [6.07, 6.45) is 4.80. The van der Waals surface area contributed by atoms with Crippen molar-refractivity contribution in [2.75, 3.05) is 62.8 Å². The van der Waals surface area contributed by atoms with E-state index in [1.54, 1.807) is 29.9 Å². The Hall–Kier alpha value is -4.04. The van der Waals surface area contributed by atoms with E-state index < -0.39 is 0 Å². The van der Waals surface area contributed by atoms with Crippen LogP contribution in [0.3, 0.4) is 0 Å². The lowest BCUT2D eigenvalue weighted by Gasteiger charge is -2.27. The van der Waals surface area contributed by atoms with Crippen LogP contribution in [0.15, 0.2) is 55.0 Å². The Labute approximate surface area is 241 Å². The fourth-order valence-electron chi connectivity index (χ4n) is 4.54. The summed E-state index contributed by atoms with van der Waals surface area (Å²) in [7, 11) is 0. The van der Waals surface area contributed by atoms with Gasteiger partial charge in [-0.2, -0.15) is 9.97 Å². The van der Waals surface area contributed by atoms with Crippen molar-refractivity contribution in [3.05, 3.63) is 65.6 Å². The molecule has 1 aromatic carbocycles. The van der Waals surface area contributed by atoms with E-state index in [2.05, 4.69) is 42.5 Å². The van der Waals surface area contributed by atoms with E-state index in [1.807, 2.05) is 24.3 Å². The zero-order chi connectivity index (χ0) is 27.9. The topological polar surface area (TPSA) is 131 Å². The molecule has 3 aromatic heterocycles. The Kier molecular flexibility index (Phi) is 8.66. The molecule has 0 atom stereocenters. The van der Waals surface area contributed by atoms with Crippen LogP contribution in [0.25, 0.3) is 22.1 Å². The number of ether oxygens (including phenoxy) is 2. The molecule has 5 heterocycles. The number of nitrogens with zero attached hydrogens (tertiary/aromatic N) is 7. The van der Waals surface area contributed by atoms with Gasteiger partial charge in [0.25, 0.3) is 0 Å². The van der Waals surface area contributed by atoms with Crippen LogP contribution < -0.4 is 15.5 Å². The molecule has 0 unspecified atom stereocenters. The molecule has 0 saturated carbocycles. The van der Waals surface area contributed by atoms with Crippen LogP contribution >= 0.6 is 11.3 Å². The molecule has 2 saturated heterocycles. The molecule has 2 fully saturated rings. The van der Waals surface area contributed by atoms with Crippen LogP contribution in [0.2, 0.25) is 0 Å². The van der Waals surface area contributed by atoms with Gasteiger partial charge in [-0.05, 0) is 36.4 Å². The Bertz CT molecular complexity index is 1440. The van der Waals surface area contributed by atoms with Gasteiger partial charge < -0.3 is 25.0 Å². The minimum Gasteiger partial charge on any atom is -0.379 e. The van der Waals surface area contributed by atoms with Gasteiger partial charge in [-0.15, -0.1) is 11.3 Å². The number of carbonyl (C=O) groups is 1. The van der Waals surface area contributed by atoms with Crippen LogP contribution in [0.5, 0.6) is 0 Å². The lowest BCUT2D eigenvalue weighted by atomic mass is 10.2. The van der Waals surface area contributed by atoms with Crippen molar-refractivity contribution < 1.29 is 14.3 Å². The first-order valence-corrected chi connectivity index (χ1v) is 14.4. The number of hydrogen-bond donors (Lipinski definition) is 2. The van der Waals surface area contributed by atoms with Crippen molar-refractivity contribution in [1.82, 2.24) is 35.1 Å². The SMILES string of the molecule is O=C(NCc1cnccn1)Nc1ccc(-c2nc(-c3ccc(CN4CCOCC4)s3)nc(N3CCOCC3)n2)cc1. The monoisotopic (exact) mass is 573 g/mol. The number of urea groups is 1. The largest absolute Gasteiger partial charge is 0.379 e. The average Bonchev–Trinajstić information content (AvgIpc) is 3.50. The van der Waals surface area contributed by atoms with Crippen LogP contribution in [0.1, 0.15) is 10.6 Å². The van der Waals surface area contributed by atoms with E-state index in [0.29, 0.717) is 42.2 Å². The maximum atomic E-state index is 12.4. The first kappa shape index (κ1) is 27.1. The number of thiophene rings is 1. The first-order chi connectivity index (χ1) is 20.2. The van der Waals surface area contributed by atoms with Crippen molar-refractivity contribution in [2.45, 2.75) is 13.1 Å². The van der Waals surface area contributed by atoms with Crippen molar-refractivity contribution in [2.24, 2.45) is 0 Å². The number of aromatic nitrogens is 5. The Morgan fingerprint density at radius 2 is 1.63 bits per heavy atom. The van der Waals surface area contributed by atoms with E-state index >= 15 is 0 Å². The molecule has 0 spiro atoms. The van der Waals surface area contributed by atoms with Crippen LogP contribution in [0.4, 0.5) is 16.4 Å². The highest BCUT2D eigenvalue weighted by molar-refractivity contribution is 7.15.